The zero-order chi connectivity index (χ0) is 20.5. The number of esters is 2. The zero-order valence-electron chi connectivity index (χ0n) is 15.9. The highest BCUT2D eigenvalue weighted by molar-refractivity contribution is 5.91. The van der Waals surface area contributed by atoms with E-state index in [9.17, 15) is 14.0 Å². The Kier molecular flexibility index (Phi) is 5.33. The molecule has 0 radical (unpaired) electrons. The standard InChI is InChI=1S/C20H20FNO6/c1-11(23)27-17(12-5-7-13(21)8-6-12)14-9-22-16(19(24)25-4)18-15(14)10-26-20(2,3)28-18/h5-9,17H,10H2,1-4H3. The maximum absolute atomic E-state index is 13.3. The van der Waals surface area contributed by atoms with Crippen LogP contribution in [0.1, 0.15) is 54.1 Å². The molecule has 28 heavy (non-hydrogen) atoms. The Morgan fingerprint density at radius 2 is 1.93 bits per heavy atom. The van der Waals surface area contributed by atoms with Crippen LogP contribution in [0.15, 0.2) is 30.5 Å². The number of benzene rings is 1. The number of rotatable bonds is 4. The highest BCUT2D eigenvalue weighted by atomic mass is 19.1. The SMILES string of the molecule is COC(=O)c1ncc(C(OC(C)=O)c2ccc(F)cc2)c2c1OC(C)(C)OC2. The van der Waals surface area contributed by atoms with Crippen LogP contribution in [0.2, 0.25) is 0 Å². The molecule has 1 atom stereocenters. The van der Waals surface area contributed by atoms with E-state index in [1.165, 1.54) is 44.5 Å². The van der Waals surface area contributed by atoms with Crippen molar-refractivity contribution >= 4 is 11.9 Å². The van der Waals surface area contributed by atoms with E-state index in [-0.39, 0.29) is 18.1 Å². The van der Waals surface area contributed by atoms with Gasteiger partial charge in [0.2, 0.25) is 5.79 Å². The molecule has 0 saturated heterocycles. The molecule has 0 fully saturated rings. The first-order chi connectivity index (χ1) is 13.2. The minimum Gasteiger partial charge on any atom is -0.464 e. The van der Waals surface area contributed by atoms with E-state index < -0.39 is 29.6 Å². The molecule has 7 nitrogen and oxygen atoms in total. The van der Waals surface area contributed by atoms with Crippen LogP contribution in [-0.2, 0) is 25.6 Å². The van der Waals surface area contributed by atoms with Gasteiger partial charge in [-0.25, -0.2) is 14.2 Å². The number of nitrogens with zero attached hydrogens (tertiary/aromatic N) is 1. The van der Waals surface area contributed by atoms with Crippen molar-refractivity contribution in [3.05, 3.63) is 58.7 Å². The Balaban J connectivity index is 2.17. The number of ether oxygens (including phenoxy) is 4. The van der Waals surface area contributed by atoms with Crippen LogP contribution < -0.4 is 4.74 Å². The highest BCUT2D eigenvalue weighted by Gasteiger charge is 2.36. The van der Waals surface area contributed by atoms with Crippen molar-refractivity contribution in [3.8, 4) is 5.75 Å². The number of aromatic nitrogens is 1. The molecule has 1 unspecified atom stereocenters. The fourth-order valence-electron chi connectivity index (χ4n) is 2.91. The lowest BCUT2D eigenvalue weighted by molar-refractivity contribution is -0.181. The molecule has 0 saturated carbocycles. The Hall–Kier alpha value is -3.00. The van der Waals surface area contributed by atoms with Crippen LogP contribution >= 0.6 is 0 Å². The molecule has 2 aromatic rings. The maximum atomic E-state index is 13.3. The van der Waals surface area contributed by atoms with Gasteiger partial charge in [0.05, 0.1) is 13.7 Å². The van der Waals surface area contributed by atoms with E-state index in [0.717, 1.165) is 0 Å². The van der Waals surface area contributed by atoms with Crippen molar-refractivity contribution in [1.82, 2.24) is 4.98 Å². The molecule has 148 valence electrons. The number of hydrogen-bond acceptors (Lipinski definition) is 7. The second-order valence-corrected chi connectivity index (χ2v) is 6.69. The second-order valence-electron chi connectivity index (χ2n) is 6.69. The number of carbonyl (C=O) groups is 2. The summed E-state index contributed by atoms with van der Waals surface area (Å²) in [5, 5.41) is 0. The summed E-state index contributed by atoms with van der Waals surface area (Å²) >= 11 is 0. The Labute approximate surface area is 161 Å². The second kappa shape index (κ2) is 7.55. The van der Waals surface area contributed by atoms with Gasteiger partial charge in [-0.1, -0.05) is 12.1 Å². The van der Waals surface area contributed by atoms with Gasteiger partial charge in [0, 0.05) is 38.1 Å². The summed E-state index contributed by atoms with van der Waals surface area (Å²) in [4.78, 5) is 28.0. The summed E-state index contributed by atoms with van der Waals surface area (Å²) in [5.41, 5.74) is 1.51. The molecule has 8 heteroatoms. The fourth-order valence-corrected chi connectivity index (χ4v) is 2.91. The van der Waals surface area contributed by atoms with E-state index in [2.05, 4.69) is 4.98 Å². The molecule has 0 N–H and O–H groups in total. The summed E-state index contributed by atoms with van der Waals surface area (Å²) < 4.78 is 35.2. The van der Waals surface area contributed by atoms with Gasteiger partial charge in [-0.15, -0.1) is 0 Å². The van der Waals surface area contributed by atoms with Crippen molar-refractivity contribution in [1.29, 1.82) is 0 Å². The third kappa shape index (κ3) is 3.96. The van der Waals surface area contributed by atoms with E-state index >= 15 is 0 Å². The first-order valence-corrected chi connectivity index (χ1v) is 8.57. The van der Waals surface area contributed by atoms with Gasteiger partial charge in [-0.2, -0.15) is 0 Å². The molecule has 0 bridgehead atoms. The molecular formula is C20H20FNO6. The molecule has 0 amide bonds. The molecule has 1 aromatic carbocycles. The first kappa shape index (κ1) is 19.8. The average Bonchev–Trinajstić information content (AvgIpc) is 2.64. The summed E-state index contributed by atoms with van der Waals surface area (Å²) in [5.74, 6) is -2.38. The predicted molar refractivity (Wildman–Crippen MR) is 95.1 cm³/mol. The fraction of sp³-hybridized carbons (Fsp3) is 0.350. The Morgan fingerprint density at radius 3 is 2.54 bits per heavy atom. The van der Waals surface area contributed by atoms with Crippen LogP contribution in [0.5, 0.6) is 5.75 Å². The lowest BCUT2D eigenvalue weighted by Gasteiger charge is -2.35. The normalized spacial score (nSPS) is 15.8. The number of fused-ring (bicyclic) bond motifs is 1. The van der Waals surface area contributed by atoms with Crippen LogP contribution in [-0.4, -0.2) is 29.8 Å². The number of hydrogen-bond donors (Lipinski definition) is 0. The smallest absolute Gasteiger partial charge is 0.360 e. The van der Waals surface area contributed by atoms with E-state index in [1.54, 1.807) is 13.8 Å². The van der Waals surface area contributed by atoms with E-state index in [4.69, 9.17) is 18.9 Å². The number of methoxy groups -OCH3 is 1. The predicted octanol–water partition coefficient (Wildman–Crippen LogP) is 3.30. The largest absolute Gasteiger partial charge is 0.464 e. The van der Waals surface area contributed by atoms with Crippen LogP contribution in [0, 0.1) is 5.82 Å². The first-order valence-electron chi connectivity index (χ1n) is 8.57. The molecule has 1 aliphatic rings. The molecule has 0 aliphatic carbocycles. The summed E-state index contributed by atoms with van der Waals surface area (Å²) in [6.45, 7) is 4.78. The number of carbonyl (C=O) groups excluding carboxylic acids is 2. The molecule has 3 rings (SSSR count). The molecule has 1 aromatic heterocycles. The third-order valence-corrected chi connectivity index (χ3v) is 4.20. The summed E-state index contributed by atoms with van der Waals surface area (Å²) in [6.07, 6.45) is 0.534. The maximum Gasteiger partial charge on any atom is 0.360 e. The lowest BCUT2D eigenvalue weighted by Crippen LogP contribution is -2.37. The quantitative estimate of drug-likeness (QED) is 0.742. The van der Waals surface area contributed by atoms with Gasteiger partial charge in [-0.05, 0) is 17.7 Å². The summed E-state index contributed by atoms with van der Waals surface area (Å²) in [6, 6.07) is 5.56. The van der Waals surface area contributed by atoms with Gasteiger partial charge in [0.25, 0.3) is 0 Å². The monoisotopic (exact) mass is 389 g/mol. The minimum absolute atomic E-state index is 0.00157. The third-order valence-electron chi connectivity index (χ3n) is 4.20. The van der Waals surface area contributed by atoms with Crippen molar-refractivity contribution in [2.24, 2.45) is 0 Å². The van der Waals surface area contributed by atoms with Crippen molar-refractivity contribution in [2.75, 3.05) is 7.11 Å². The van der Waals surface area contributed by atoms with Gasteiger partial charge < -0.3 is 18.9 Å². The number of halogens is 1. The van der Waals surface area contributed by atoms with E-state index in [0.29, 0.717) is 16.7 Å². The summed E-state index contributed by atoms with van der Waals surface area (Å²) in [7, 11) is 1.25. The molecule has 1 aliphatic heterocycles. The average molecular weight is 389 g/mol. The zero-order valence-corrected chi connectivity index (χ0v) is 15.9. The topological polar surface area (TPSA) is 84.0 Å². The minimum atomic E-state index is -0.983. The van der Waals surface area contributed by atoms with Crippen LogP contribution in [0.3, 0.4) is 0 Å². The highest BCUT2D eigenvalue weighted by Crippen LogP contribution is 2.40. The molecular weight excluding hydrogens is 369 g/mol. The Bertz CT molecular complexity index is 910. The van der Waals surface area contributed by atoms with Gasteiger partial charge in [-0.3, -0.25) is 4.79 Å². The molecule has 0 spiro atoms. The van der Waals surface area contributed by atoms with Crippen molar-refractivity contribution in [3.63, 3.8) is 0 Å². The van der Waals surface area contributed by atoms with Gasteiger partial charge >= 0.3 is 11.9 Å². The van der Waals surface area contributed by atoms with Crippen LogP contribution in [0.4, 0.5) is 4.39 Å². The Morgan fingerprint density at radius 1 is 1.25 bits per heavy atom. The number of pyridine rings is 1. The van der Waals surface area contributed by atoms with E-state index in [1.807, 2.05) is 0 Å². The van der Waals surface area contributed by atoms with Crippen molar-refractivity contribution < 1.29 is 32.9 Å². The lowest BCUT2D eigenvalue weighted by atomic mass is 9.96. The molecule has 2 heterocycles. The van der Waals surface area contributed by atoms with Crippen molar-refractivity contribution in [2.45, 2.75) is 39.3 Å². The van der Waals surface area contributed by atoms with Crippen LogP contribution in [0.25, 0.3) is 0 Å². The van der Waals surface area contributed by atoms with Gasteiger partial charge in [0.1, 0.15) is 5.82 Å². The van der Waals surface area contributed by atoms with Gasteiger partial charge in [0.15, 0.2) is 17.5 Å².